The third kappa shape index (κ3) is 6.50. The van der Waals surface area contributed by atoms with Crippen molar-refractivity contribution in [3.8, 4) is 12.1 Å². The Morgan fingerprint density at radius 3 is 1.31 bits per heavy atom. The molecule has 0 heterocycles. The molecule has 2 atom stereocenters. The van der Waals surface area contributed by atoms with E-state index in [1.807, 2.05) is 86.5 Å². The molecule has 0 amide bonds. The molecule has 2 N–H and O–H groups in total. The molecule has 6 heteroatoms. The van der Waals surface area contributed by atoms with Crippen LogP contribution in [0.25, 0.3) is 0 Å². The standard InChI is InChI=1S/C23H30N6/c1-28(2)20-10-6-18(7-11-20)22(16-24)26-14-5-15-27-23(17-25)19-8-12-21(13-9-19)29(3)4/h6-13,22-23,26-27H,5,14-15H2,1-4H3/t22-,23+. The maximum absolute atomic E-state index is 9.47. The van der Waals surface area contributed by atoms with Crippen molar-refractivity contribution in [2.75, 3.05) is 51.1 Å². The third-order valence-electron chi connectivity index (χ3n) is 4.79. The van der Waals surface area contributed by atoms with Gasteiger partial charge in [0.25, 0.3) is 0 Å². The first-order valence-corrected chi connectivity index (χ1v) is 9.77. The molecule has 0 spiro atoms. The summed E-state index contributed by atoms with van der Waals surface area (Å²) in [7, 11) is 7.97. The topological polar surface area (TPSA) is 78.1 Å². The molecule has 0 aliphatic carbocycles. The molecule has 29 heavy (non-hydrogen) atoms. The van der Waals surface area contributed by atoms with Gasteiger partial charge in [-0.1, -0.05) is 24.3 Å². The molecular weight excluding hydrogens is 360 g/mol. The predicted molar refractivity (Wildman–Crippen MR) is 119 cm³/mol. The quantitative estimate of drug-likeness (QED) is 0.607. The second kappa shape index (κ2) is 11.1. The van der Waals surface area contributed by atoms with Gasteiger partial charge in [0.05, 0.1) is 12.1 Å². The highest BCUT2D eigenvalue weighted by molar-refractivity contribution is 5.48. The molecule has 0 aromatic heterocycles. The summed E-state index contributed by atoms with van der Waals surface area (Å²) >= 11 is 0. The van der Waals surface area contributed by atoms with Crippen molar-refractivity contribution in [2.24, 2.45) is 0 Å². The third-order valence-corrected chi connectivity index (χ3v) is 4.79. The van der Waals surface area contributed by atoms with Gasteiger partial charge in [-0.2, -0.15) is 10.5 Å². The van der Waals surface area contributed by atoms with Gasteiger partial charge in [0.2, 0.25) is 0 Å². The van der Waals surface area contributed by atoms with Crippen LogP contribution in [-0.4, -0.2) is 41.3 Å². The van der Waals surface area contributed by atoms with Gasteiger partial charge in [0, 0.05) is 39.6 Å². The van der Waals surface area contributed by atoms with Crippen molar-refractivity contribution in [2.45, 2.75) is 18.5 Å². The number of hydrogen-bond acceptors (Lipinski definition) is 6. The molecule has 0 aliphatic heterocycles. The van der Waals surface area contributed by atoms with Crippen LogP contribution in [0.3, 0.4) is 0 Å². The number of rotatable bonds is 10. The molecule has 0 bridgehead atoms. The maximum atomic E-state index is 9.47. The molecule has 0 radical (unpaired) electrons. The van der Waals surface area contributed by atoms with E-state index >= 15 is 0 Å². The highest BCUT2D eigenvalue weighted by Crippen LogP contribution is 2.19. The average Bonchev–Trinajstić information content (AvgIpc) is 2.73. The first-order valence-electron chi connectivity index (χ1n) is 9.77. The van der Waals surface area contributed by atoms with Crippen molar-refractivity contribution >= 4 is 11.4 Å². The zero-order valence-electron chi connectivity index (χ0n) is 17.7. The van der Waals surface area contributed by atoms with Crippen molar-refractivity contribution in [1.29, 1.82) is 10.5 Å². The van der Waals surface area contributed by atoms with Gasteiger partial charge in [0.15, 0.2) is 0 Å². The average molecular weight is 391 g/mol. The van der Waals surface area contributed by atoms with E-state index in [2.05, 4.69) is 22.8 Å². The smallest absolute Gasteiger partial charge is 0.121 e. The largest absolute Gasteiger partial charge is 0.378 e. The maximum Gasteiger partial charge on any atom is 0.121 e. The van der Waals surface area contributed by atoms with Crippen LogP contribution in [-0.2, 0) is 0 Å². The number of anilines is 2. The molecule has 0 saturated carbocycles. The Balaban J connectivity index is 1.79. The first kappa shape index (κ1) is 22.2. The number of benzene rings is 2. The van der Waals surface area contributed by atoms with E-state index in [1.165, 1.54) is 0 Å². The van der Waals surface area contributed by atoms with E-state index in [0.29, 0.717) is 13.1 Å². The molecule has 6 nitrogen and oxygen atoms in total. The van der Waals surface area contributed by atoms with Crippen LogP contribution in [0.1, 0.15) is 29.6 Å². The van der Waals surface area contributed by atoms with E-state index in [9.17, 15) is 10.5 Å². The lowest BCUT2D eigenvalue weighted by molar-refractivity contribution is 0.551. The predicted octanol–water partition coefficient (Wildman–Crippen LogP) is 3.22. The number of nitriles is 2. The van der Waals surface area contributed by atoms with Crippen LogP contribution in [0.4, 0.5) is 11.4 Å². The lowest BCUT2D eigenvalue weighted by Gasteiger charge is -2.17. The summed E-state index contributed by atoms with van der Waals surface area (Å²) in [5.41, 5.74) is 4.13. The molecule has 2 aromatic rings. The van der Waals surface area contributed by atoms with E-state index in [4.69, 9.17) is 0 Å². The fourth-order valence-electron chi connectivity index (χ4n) is 2.99. The Bertz CT molecular complexity index is 756. The fourth-order valence-corrected chi connectivity index (χ4v) is 2.99. The van der Waals surface area contributed by atoms with E-state index < -0.39 is 0 Å². The lowest BCUT2D eigenvalue weighted by Crippen LogP contribution is -2.27. The summed E-state index contributed by atoms with van der Waals surface area (Å²) in [6.45, 7) is 1.39. The molecule has 0 unspecified atom stereocenters. The van der Waals surface area contributed by atoms with Crippen molar-refractivity contribution in [3.05, 3.63) is 59.7 Å². The summed E-state index contributed by atoms with van der Waals surface area (Å²) in [6.07, 6.45) is 0.821. The van der Waals surface area contributed by atoms with Crippen molar-refractivity contribution in [3.63, 3.8) is 0 Å². The fraction of sp³-hybridized carbons (Fsp3) is 0.391. The Morgan fingerprint density at radius 2 is 1.03 bits per heavy atom. The summed E-state index contributed by atoms with van der Waals surface area (Å²) in [6, 6.07) is 20.0. The van der Waals surface area contributed by atoms with Crippen molar-refractivity contribution in [1.82, 2.24) is 10.6 Å². The Labute approximate surface area is 174 Å². The highest BCUT2D eigenvalue weighted by Gasteiger charge is 2.11. The zero-order valence-corrected chi connectivity index (χ0v) is 17.7. The van der Waals surface area contributed by atoms with Gasteiger partial charge in [-0.15, -0.1) is 0 Å². The van der Waals surface area contributed by atoms with Crippen LogP contribution >= 0.6 is 0 Å². The SMILES string of the molecule is CN(C)c1ccc([C@H](C#N)NCCCN[C@H](C#N)c2ccc(N(C)C)cc2)cc1. The summed E-state index contributed by atoms with van der Waals surface area (Å²) in [4.78, 5) is 4.06. The Morgan fingerprint density at radius 1 is 0.690 bits per heavy atom. The lowest BCUT2D eigenvalue weighted by atomic mass is 10.1. The molecular formula is C23H30N6. The van der Waals surface area contributed by atoms with Crippen LogP contribution in [0.15, 0.2) is 48.5 Å². The first-order chi connectivity index (χ1) is 14.0. The van der Waals surface area contributed by atoms with E-state index in [1.54, 1.807) is 0 Å². The molecule has 0 saturated heterocycles. The Hall–Kier alpha value is -3.06. The van der Waals surface area contributed by atoms with Gasteiger partial charge < -0.3 is 9.80 Å². The van der Waals surface area contributed by atoms with Gasteiger partial charge in [-0.3, -0.25) is 10.6 Å². The summed E-state index contributed by atoms with van der Waals surface area (Å²) < 4.78 is 0. The van der Waals surface area contributed by atoms with Crippen LogP contribution in [0.5, 0.6) is 0 Å². The van der Waals surface area contributed by atoms with Crippen LogP contribution in [0, 0.1) is 22.7 Å². The second-order valence-electron chi connectivity index (χ2n) is 7.36. The molecule has 0 aliphatic rings. The van der Waals surface area contributed by atoms with Gasteiger partial charge in [0.1, 0.15) is 12.1 Å². The van der Waals surface area contributed by atoms with Gasteiger partial charge in [-0.25, -0.2) is 0 Å². The van der Waals surface area contributed by atoms with E-state index in [-0.39, 0.29) is 12.1 Å². The molecule has 0 fully saturated rings. The number of hydrogen-bond donors (Lipinski definition) is 2. The second-order valence-corrected chi connectivity index (χ2v) is 7.36. The van der Waals surface area contributed by atoms with Crippen LogP contribution < -0.4 is 20.4 Å². The molecule has 152 valence electrons. The minimum Gasteiger partial charge on any atom is -0.378 e. The minimum atomic E-state index is -0.337. The van der Waals surface area contributed by atoms with E-state index in [0.717, 1.165) is 28.9 Å². The molecule has 2 rings (SSSR count). The van der Waals surface area contributed by atoms with Crippen molar-refractivity contribution < 1.29 is 0 Å². The van der Waals surface area contributed by atoms with Gasteiger partial charge in [-0.05, 0) is 54.9 Å². The summed E-state index contributed by atoms with van der Waals surface area (Å²) in [5.74, 6) is 0. The van der Waals surface area contributed by atoms with Gasteiger partial charge >= 0.3 is 0 Å². The zero-order chi connectivity index (χ0) is 21.2. The number of nitrogens with zero attached hydrogens (tertiary/aromatic N) is 4. The monoisotopic (exact) mass is 390 g/mol. The molecule has 2 aromatic carbocycles. The summed E-state index contributed by atoms with van der Waals surface area (Å²) in [5, 5.41) is 25.5. The number of nitrogens with one attached hydrogen (secondary N) is 2. The minimum absolute atomic E-state index is 0.337. The highest BCUT2D eigenvalue weighted by atomic mass is 15.1. The normalized spacial score (nSPS) is 12.5. The van der Waals surface area contributed by atoms with Crippen LogP contribution in [0.2, 0.25) is 0 Å². The Kier molecular flexibility index (Phi) is 8.48.